The van der Waals surface area contributed by atoms with Crippen LogP contribution in [0, 0.1) is 5.92 Å². The van der Waals surface area contributed by atoms with Gasteiger partial charge in [0.15, 0.2) is 0 Å². The Morgan fingerprint density at radius 2 is 1.95 bits per heavy atom. The highest BCUT2D eigenvalue weighted by atomic mass is 79.9. The van der Waals surface area contributed by atoms with E-state index in [2.05, 4.69) is 26.6 Å². The van der Waals surface area contributed by atoms with E-state index in [0.29, 0.717) is 18.0 Å². The maximum atomic E-state index is 12.0. The Bertz CT molecular complexity index is 514. The van der Waals surface area contributed by atoms with Gasteiger partial charge in [-0.3, -0.25) is 9.59 Å². The van der Waals surface area contributed by atoms with Crippen molar-refractivity contribution in [3.05, 3.63) is 34.3 Å². The summed E-state index contributed by atoms with van der Waals surface area (Å²) in [5, 5.41) is 5.46. The summed E-state index contributed by atoms with van der Waals surface area (Å²) in [6, 6.07) is 6.40. The third-order valence-corrected chi connectivity index (χ3v) is 4.12. The van der Waals surface area contributed by atoms with E-state index in [9.17, 15) is 9.59 Å². The van der Waals surface area contributed by atoms with Crippen molar-refractivity contribution >= 4 is 27.7 Å². The minimum atomic E-state index is -0.590. The lowest BCUT2D eigenvalue weighted by Gasteiger charge is -2.16. The van der Waals surface area contributed by atoms with Gasteiger partial charge in [-0.15, -0.1) is 0 Å². The highest BCUT2D eigenvalue weighted by Gasteiger charge is 2.29. The van der Waals surface area contributed by atoms with Crippen LogP contribution in [0.5, 0.6) is 0 Å². The molecule has 2 unspecified atom stereocenters. The van der Waals surface area contributed by atoms with E-state index in [1.165, 1.54) is 0 Å². The molecule has 0 aromatic heterocycles. The van der Waals surface area contributed by atoms with E-state index in [-0.39, 0.29) is 17.9 Å². The van der Waals surface area contributed by atoms with Crippen LogP contribution in [0.2, 0.25) is 0 Å². The molecule has 4 N–H and O–H groups in total. The lowest BCUT2D eigenvalue weighted by atomic mass is 10.2. The number of halogens is 1. The van der Waals surface area contributed by atoms with Gasteiger partial charge in [-0.25, -0.2) is 0 Å². The van der Waals surface area contributed by atoms with Crippen LogP contribution in [0.15, 0.2) is 28.7 Å². The summed E-state index contributed by atoms with van der Waals surface area (Å²) in [7, 11) is 0. The summed E-state index contributed by atoms with van der Waals surface area (Å²) >= 11 is 3.31. The van der Waals surface area contributed by atoms with Gasteiger partial charge in [0.2, 0.25) is 5.91 Å². The van der Waals surface area contributed by atoms with Crippen LogP contribution in [-0.4, -0.2) is 30.4 Å². The van der Waals surface area contributed by atoms with E-state index in [1.807, 2.05) is 0 Å². The fourth-order valence-electron chi connectivity index (χ4n) is 2.01. The van der Waals surface area contributed by atoms with Gasteiger partial charge in [0.05, 0.1) is 0 Å². The molecule has 1 aromatic rings. The van der Waals surface area contributed by atoms with Crippen molar-refractivity contribution in [3.8, 4) is 0 Å². The van der Waals surface area contributed by atoms with Gasteiger partial charge in [0, 0.05) is 22.6 Å². The molecule has 6 heteroatoms. The number of benzene rings is 1. The fraction of sp³-hybridized carbons (Fsp3) is 0.467. The Hall–Kier alpha value is -1.40. The predicted molar refractivity (Wildman–Crippen MR) is 84.8 cm³/mol. The molecule has 1 fully saturated rings. The zero-order valence-corrected chi connectivity index (χ0v) is 13.5. The molecule has 1 saturated carbocycles. The average Bonchev–Trinajstić information content (AvgIpc) is 3.29. The van der Waals surface area contributed by atoms with E-state index in [4.69, 9.17) is 5.73 Å². The lowest BCUT2D eigenvalue weighted by molar-refractivity contribution is -0.122. The maximum Gasteiger partial charge on any atom is 0.251 e. The highest BCUT2D eigenvalue weighted by Crippen LogP contribution is 2.31. The molecule has 0 aliphatic heterocycles. The minimum absolute atomic E-state index is 0.0170. The lowest BCUT2D eigenvalue weighted by Crippen LogP contribution is -2.48. The normalized spacial score (nSPS) is 16.9. The largest absolute Gasteiger partial charge is 0.353 e. The first-order valence-corrected chi connectivity index (χ1v) is 7.86. The minimum Gasteiger partial charge on any atom is -0.353 e. The van der Waals surface area contributed by atoms with Crippen LogP contribution in [0.1, 0.15) is 30.1 Å². The Labute approximate surface area is 132 Å². The number of rotatable bonds is 6. The molecule has 0 radical (unpaired) electrons. The molecule has 0 spiro atoms. The second-order valence-corrected chi connectivity index (χ2v) is 6.36. The summed E-state index contributed by atoms with van der Waals surface area (Å²) in [6.45, 7) is 2.12. The third kappa shape index (κ3) is 4.82. The number of carbonyl (C=O) groups is 2. The van der Waals surface area contributed by atoms with Gasteiger partial charge in [0.1, 0.15) is 6.04 Å². The molecule has 1 aliphatic carbocycles. The van der Waals surface area contributed by atoms with Crippen molar-refractivity contribution in [2.75, 3.05) is 6.54 Å². The van der Waals surface area contributed by atoms with Gasteiger partial charge in [-0.2, -0.15) is 0 Å². The molecule has 1 aromatic carbocycles. The molecule has 2 amide bonds. The molecule has 2 atom stereocenters. The van der Waals surface area contributed by atoms with E-state index in [0.717, 1.165) is 17.3 Å². The summed E-state index contributed by atoms with van der Waals surface area (Å²) < 4.78 is 0.902. The van der Waals surface area contributed by atoms with Crippen molar-refractivity contribution in [1.29, 1.82) is 0 Å². The van der Waals surface area contributed by atoms with E-state index < -0.39 is 6.04 Å². The predicted octanol–water partition coefficient (Wildman–Crippen LogP) is 1.42. The topological polar surface area (TPSA) is 84.2 Å². The van der Waals surface area contributed by atoms with Crippen LogP contribution in [-0.2, 0) is 4.79 Å². The number of hydrogen-bond donors (Lipinski definition) is 3. The second-order valence-electron chi connectivity index (χ2n) is 5.45. The monoisotopic (exact) mass is 353 g/mol. The quantitative estimate of drug-likeness (QED) is 0.723. The Balaban J connectivity index is 1.79. The van der Waals surface area contributed by atoms with E-state index in [1.54, 1.807) is 31.2 Å². The summed E-state index contributed by atoms with van der Waals surface area (Å²) in [4.78, 5) is 23.9. The molecule has 0 saturated heterocycles. The van der Waals surface area contributed by atoms with Crippen molar-refractivity contribution in [1.82, 2.24) is 10.6 Å². The van der Waals surface area contributed by atoms with Crippen molar-refractivity contribution < 1.29 is 9.59 Å². The number of nitrogens with two attached hydrogens (primary N) is 1. The second kappa shape index (κ2) is 7.04. The fourth-order valence-corrected chi connectivity index (χ4v) is 2.27. The Morgan fingerprint density at radius 1 is 1.33 bits per heavy atom. The molecule has 21 heavy (non-hydrogen) atoms. The summed E-state index contributed by atoms with van der Waals surface area (Å²) in [6.07, 6.45) is 2.29. The van der Waals surface area contributed by atoms with Crippen LogP contribution < -0.4 is 16.4 Å². The molecular weight excluding hydrogens is 334 g/mol. The molecule has 2 rings (SSSR count). The zero-order chi connectivity index (χ0) is 15.4. The van der Waals surface area contributed by atoms with Crippen LogP contribution >= 0.6 is 15.9 Å². The summed E-state index contributed by atoms with van der Waals surface area (Å²) in [5.74, 6) is 0.0613. The van der Waals surface area contributed by atoms with E-state index >= 15 is 0 Å². The van der Waals surface area contributed by atoms with Crippen LogP contribution in [0.3, 0.4) is 0 Å². The smallest absolute Gasteiger partial charge is 0.251 e. The molecule has 0 heterocycles. The molecule has 114 valence electrons. The molecule has 1 aliphatic rings. The molecular formula is C15H20BrN3O2. The first-order chi connectivity index (χ1) is 9.97. The van der Waals surface area contributed by atoms with Gasteiger partial charge in [-0.1, -0.05) is 15.9 Å². The van der Waals surface area contributed by atoms with Crippen LogP contribution in [0.25, 0.3) is 0 Å². The maximum absolute atomic E-state index is 12.0. The molecule has 0 bridgehead atoms. The standard InChI is InChI=1S/C15H20BrN3O2/c1-9(14(20)18-8-13(17)10-2-3-10)19-15(21)11-4-6-12(16)7-5-11/h4-7,9-10,13H,2-3,8,17H2,1H3,(H,18,20)(H,19,21). The van der Waals surface area contributed by atoms with Crippen LogP contribution in [0.4, 0.5) is 0 Å². The van der Waals surface area contributed by atoms with Gasteiger partial charge in [-0.05, 0) is 49.9 Å². The van der Waals surface area contributed by atoms with Crippen molar-refractivity contribution in [2.45, 2.75) is 31.8 Å². The first kappa shape index (κ1) is 16.0. The van der Waals surface area contributed by atoms with Crippen molar-refractivity contribution in [3.63, 3.8) is 0 Å². The van der Waals surface area contributed by atoms with Gasteiger partial charge < -0.3 is 16.4 Å². The van der Waals surface area contributed by atoms with Gasteiger partial charge >= 0.3 is 0 Å². The number of nitrogens with one attached hydrogen (secondary N) is 2. The number of hydrogen-bond acceptors (Lipinski definition) is 3. The van der Waals surface area contributed by atoms with Gasteiger partial charge in [0.25, 0.3) is 5.91 Å². The van der Waals surface area contributed by atoms with Crippen molar-refractivity contribution in [2.24, 2.45) is 11.7 Å². The summed E-state index contributed by atoms with van der Waals surface area (Å²) in [5.41, 5.74) is 6.45. The first-order valence-electron chi connectivity index (χ1n) is 7.07. The Kier molecular flexibility index (Phi) is 5.36. The highest BCUT2D eigenvalue weighted by molar-refractivity contribution is 9.10. The third-order valence-electron chi connectivity index (χ3n) is 3.59. The molecule has 5 nitrogen and oxygen atoms in total. The average molecular weight is 354 g/mol. The SMILES string of the molecule is CC(NC(=O)c1ccc(Br)cc1)C(=O)NCC(N)C1CC1. The number of carbonyl (C=O) groups excluding carboxylic acids is 2. The Morgan fingerprint density at radius 3 is 2.52 bits per heavy atom. The zero-order valence-electron chi connectivity index (χ0n) is 11.9. The number of amides is 2.